The molecule has 0 bridgehead atoms. The summed E-state index contributed by atoms with van der Waals surface area (Å²) in [5, 5.41) is 18.8. The molecule has 0 aliphatic carbocycles. The Morgan fingerprint density at radius 3 is 2.50 bits per heavy atom. The summed E-state index contributed by atoms with van der Waals surface area (Å²) in [5.41, 5.74) is 4.08. The molecule has 2 heterocycles. The minimum Gasteiger partial charge on any atom is -0.478 e. The SMILES string of the molecule is CCCCc1ccc2[nH]c(-c3ccccc3C(=O)O)c(Br)c2c1.O=C(O)c1cncn1Cl. The molecule has 0 atom stereocenters. The molecule has 4 aromatic rings. The van der Waals surface area contributed by atoms with Gasteiger partial charge in [0.15, 0.2) is 5.69 Å². The van der Waals surface area contributed by atoms with Crippen LogP contribution in [0, 0.1) is 0 Å². The van der Waals surface area contributed by atoms with Gasteiger partial charge >= 0.3 is 11.9 Å². The van der Waals surface area contributed by atoms with Crippen molar-refractivity contribution < 1.29 is 19.8 Å². The second-order valence-electron chi connectivity index (χ2n) is 7.04. The van der Waals surface area contributed by atoms with Gasteiger partial charge in [-0.2, -0.15) is 0 Å². The summed E-state index contributed by atoms with van der Waals surface area (Å²) in [7, 11) is 0. The minimum absolute atomic E-state index is 0.0309. The van der Waals surface area contributed by atoms with Crippen LogP contribution in [0.3, 0.4) is 0 Å². The molecule has 0 unspecified atom stereocenters. The van der Waals surface area contributed by atoms with Crippen molar-refractivity contribution >= 4 is 50.5 Å². The zero-order valence-electron chi connectivity index (χ0n) is 17.2. The maximum atomic E-state index is 11.5. The molecule has 0 aliphatic heterocycles. The van der Waals surface area contributed by atoms with Gasteiger partial charge in [-0.25, -0.2) is 18.7 Å². The van der Waals surface area contributed by atoms with Crippen LogP contribution in [0.2, 0.25) is 0 Å². The van der Waals surface area contributed by atoms with Gasteiger partial charge in [-0.3, -0.25) is 0 Å². The third-order valence-electron chi connectivity index (χ3n) is 4.86. The molecule has 3 N–H and O–H groups in total. The normalized spacial score (nSPS) is 10.6. The number of hydrogen-bond donors (Lipinski definition) is 3. The molecule has 0 radical (unpaired) electrons. The van der Waals surface area contributed by atoms with Crippen LogP contribution >= 0.6 is 27.7 Å². The summed E-state index contributed by atoms with van der Waals surface area (Å²) >= 11 is 8.96. The van der Waals surface area contributed by atoms with E-state index in [2.05, 4.69) is 51.0 Å². The number of hydrogen-bond acceptors (Lipinski definition) is 3. The number of nitrogens with zero attached hydrogens (tertiary/aromatic N) is 2. The molecule has 0 aliphatic rings. The fourth-order valence-electron chi connectivity index (χ4n) is 3.24. The van der Waals surface area contributed by atoms with Gasteiger partial charge in [0.05, 0.1) is 21.9 Å². The zero-order chi connectivity index (χ0) is 23.3. The first-order chi connectivity index (χ1) is 15.3. The van der Waals surface area contributed by atoms with E-state index in [1.165, 1.54) is 30.9 Å². The van der Waals surface area contributed by atoms with E-state index in [1.54, 1.807) is 12.1 Å². The van der Waals surface area contributed by atoms with Crippen molar-refractivity contribution in [2.24, 2.45) is 0 Å². The number of carbonyl (C=O) groups is 2. The summed E-state index contributed by atoms with van der Waals surface area (Å²) in [6.07, 6.45) is 5.79. The zero-order valence-corrected chi connectivity index (χ0v) is 19.5. The predicted molar refractivity (Wildman–Crippen MR) is 127 cm³/mol. The molecule has 32 heavy (non-hydrogen) atoms. The Labute approximate surface area is 197 Å². The van der Waals surface area contributed by atoms with Crippen molar-refractivity contribution in [2.75, 3.05) is 0 Å². The van der Waals surface area contributed by atoms with Crippen molar-refractivity contribution in [3.05, 3.63) is 76.3 Å². The van der Waals surface area contributed by atoms with Gasteiger partial charge in [-0.1, -0.05) is 37.6 Å². The van der Waals surface area contributed by atoms with Gasteiger partial charge < -0.3 is 15.2 Å². The number of halogens is 2. The summed E-state index contributed by atoms with van der Waals surface area (Å²) in [4.78, 5) is 28.4. The summed E-state index contributed by atoms with van der Waals surface area (Å²) < 4.78 is 1.84. The quantitative estimate of drug-likeness (QED) is 0.281. The fourth-order valence-corrected chi connectivity index (χ4v) is 4.05. The van der Waals surface area contributed by atoms with Crippen molar-refractivity contribution in [3.63, 3.8) is 0 Å². The van der Waals surface area contributed by atoms with Gasteiger partial charge in [0, 0.05) is 28.2 Å². The standard InChI is InChI=1S/C19H18BrNO2.C4H3ClN2O2/c1-2-3-6-12-9-10-16-15(11-12)17(20)18(21-16)13-7-4-5-8-14(13)19(22)23;5-7-2-6-1-3(7)4(8)9/h4-5,7-11,21H,2-3,6H2,1H3,(H,22,23);1-2H,(H,8,9). The van der Waals surface area contributed by atoms with Crippen molar-refractivity contribution in [3.8, 4) is 11.3 Å². The number of aromatic amines is 1. The number of aromatic nitrogens is 3. The van der Waals surface area contributed by atoms with E-state index in [9.17, 15) is 14.7 Å². The number of H-pyrrole nitrogens is 1. The van der Waals surface area contributed by atoms with Crippen molar-refractivity contribution in [2.45, 2.75) is 26.2 Å². The number of fused-ring (bicyclic) bond motifs is 1. The second-order valence-corrected chi connectivity index (χ2v) is 8.20. The smallest absolute Gasteiger partial charge is 0.355 e. The number of imidazole rings is 1. The number of carboxylic acid groups (broad SMARTS) is 2. The number of nitrogens with one attached hydrogen (secondary N) is 1. The van der Waals surface area contributed by atoms with Crippen LogP contribution in [0.4, 0.5) is 0 Å². The van der Waals surface area contributed by atoms with E-state index >= 15 is 0 Å². The van der Waals surface area contributed by atoms with Gasteiger partial charge in [-0.05, 0) is 52.5 Å². The van der Waals surface area contributed by atoms with E-state index in [0.29, 0.717) is 11.1 Å². The Morgan fingerprint density at radius 2 is 1.91 bits per heavy atom. The average Bonchev–Trinajstić information content (AvgIpc) is 3.36. The van der Waals surface area contributed by atoms with E-state index in [1.807, 2.05) is 12.1 Å². The highest BCUT2D eigenvalue weighted by Gasteiger charge is 2.17. The monoisotopic (exact) mass is 517 g/mol. The lowest BCUT2D eigenvalue weighted by atomic mass is 10.0. The van der Waals surface area contributed by atoms with E-state index in [4.69, 9.17) is 16.9 Å². The molecule has 9 heteroatoms. The number of benzene rings is 2. The Kier molecular flexibility index (Phi) is 7.71. The highest BCUT2D eigenvalue weighted by molar-refractivity contribution is 9.10. The molecule has 0 spiro atoms. The molecule has 166 valence electrons. The Bertz CT molecular complexity index is 1270. The fraction of sp³-hybridized carbons (Fsp3) is 0.174. The highest BCUT2D eigenvalue weighted by atomic mass is 79.9. The minimum atomic E-state index is -1.08. The Balaban J connectivity index is 0.000000269. The maximum Gasteiger partial charge on any atom is 0.355 e. The molecule has 4 rings (SSSR count). The van der Waals surface area contributed by atoms with Gasteiger partial charge in [0.25, 0.3) is 0 Å². The van der Waals surface area contributed by atoms with Crippen LogP contribution in [0.15, 0.2) is 59.5 Å². The summed E-state index contributed by atoms with van der Waals surface area (Å²) in [6.45, 7) is 2.19. The largest absolute Gasteiger partial charge is 0.478 e. The summed E-state index contributed by atoms with van der Waals surface area (Å²) in [5.74, 6) is -2.00. The predicted octanol–water partition coefficient (Wildman–Crippen LogP) is 6.22. The van der Waals surface area contributed by atoms with Crippen LogP contribution in [-0.2, 0) is 6.42 Å². The Morgan fingerprint density at radius 1 is 1.16 bits per heavy atom. The van der Waals surface area contributed by atoms with Gasteiger partial charge in [0.1, 0.15) is 6.33 Å². The molecule has 2 aromatic carbocycles. The maximum absolute atomic E-state index is 11.5. The number of rotatable bonds is 6. The van der Waals surface area contributed by atoms with Crippen LogP contribution < -0.4 is 0 Å². The third kappa shape index (κ3) is 5.20. The first-order valence-electron chi connectivity index (χ1n) is 9.88. The van der Waals surface area contributed by atoms with Crippen LogP contribution in [-0.4, -0.2) is 36.2 Å². The average molecular weight is 519 g/mol. The Hall–Kier alpha value is -3.10. The highest BCUT2D eigenvalue weighted by Crippen LogP contribution is 2.36. The lowest BCUT2D eigenvalue weighted by Gasteiger charge is -2.04. The van der Waals surface area contributed by atoms with Crippen LogP contribution in [0.1, 0.15) is 46.2 Å². The van der Waals surface area contributed by atoms with Gasteiger partial charge in [-0.15, -0.1) is 0 Å². The van der Waals surface area contributed by atoms with Crippen LogP contribution in [0.5, 0.6) is 0 Å². The molecule has 0 amide bonds. The lowest BCUT2D eigenvalue weighted by Crippen LogP contribution is -1.99. The molecule has 0 saturated carbocycles. The van der Waals surface area contributed by atoms with Crippen LogP contribution in [0.25, 0.3) is 22.2 Å². The number of aryl methyl sites for hydroxylation is 1. The van der Waals surface area contributed by atoms with Crippen molar-refractivity contribution in [1.82, 2.24) is 14.1 Å². The van der Waals surface area contributed by atoms with Crippen molar-refractivity contribution in [1.29, 1.82) is 0 Å². The van der Waals surface area contributed by atoms with E-state index in [-0.39, 0.29) is 5.69 Å². The van der Waals surface area contributed by atoms with E-state index < -0.39 is 11.9 Å². The second kappa shape index (κ2) is 10.5. The molecular formula is C23H21BrClN3O4. The molecular weight excluding hydrogens is 498 g/mol. The summed E-state index contributed by atoms with van der Waals surface area (Å²) in [6, 6.07) is 13.4. The number of aromatic carboxylic acids is 2. The first kappa shape index (κ1) is 23.6. The lowest BCUT2D eigenvalue weighted by molar-refractivity contribution is 0.0682. The number of carboxylic acids is 2. The number of unbranched alkanes of at least 4 members (excludes halogenated alkanes) is 1. The third-order valence-corrected chi connectivity index (χ3v) is 5.95. The molecule has 2 aromatic heterocycles. The first-order valence-corrected chi connectivity index (χ1v) is 11.0. The molecule has 7 nitrogen and oxygen atoms in total. The molecule has 0 saturated heterocycles. The molecule has 0 fully saturated rings. The van der Waals surface area contributed by atoms with Gasteiger partial charge in [0.2, 0.25) is 0 Å². The van der Waals surface area contributed by atoms with E-state index in [0.717, 1.165) is 31.6 Å². The topological polar surface area (TPSA) is 108 Å².